The summed E-state index contributed by atoms with van der Waals surface area (Å²) in [7, 11) is -4.48. The largest absolute Gasteiger partial charge is 0.400 e. The van der Waals surface area contributed by atoms with Gasteiger partial charge in [0.1, 0.15) is 0 Å². The van der Waals surface area contributed by atoms with Crippen LogP contribution in [0.15, 0.2) is 30.3 Å². The second kappa shape index (κ2) is 6.60. The zero-order valence-corrected chi connectivity index (χ0v) is 12.2. The third-order valence-corrected chi connectivity index (χ3v) is 5.10. The zero-order valence-electron chi connectivity index (χ0n) is 11.3. The Hall–Kier alpha value is -0.770. The van der Waals surface area contributed by atoms with Crippen LogP contribution in [0.3, 0.4) is 0 Å². The lowest BCUT2D eigenvalue weighted by Gasteiger charge is -2.30. The van der Waals surface area contributed by atoms with E-state index in [4.69, 9.17) is 9.05 Å². The summed E-state index contributed by atoms with van der Waals surface area (Å²) in [6, 6.07) is 8.20. The van der Waals surface area contributed by atoms with E-state index < -0.39 is 19.2 Å². The number of rotatable bonds is 7. The Morgan fingerprint density at radius 2 is 1.63 bits per heavy atom. The third kappa shape index (κ3) is 3.41. The quantitative estimate of drug-likeness (QED) is 0.686. The molecular formula is C13H19F2O3P. The molecule has 1 atom stereocenters. The van der Waals surface area contributed by atoms with E-state index in [1.54, 1.807) is 30.3 Å². The van der Waals surface area contributed by atoms with Crippen LogP contribution in [0, 0.1) is 0 Å². The highest BCUT2D eigenvalue weighted by Crippen LogP contribution is 2.66. The lowest BCUT2D eigenvalue weighted by molar-refractivity contribution is 0.0194. The number of hydrogen-bond donors (Lipinski definition) is 0. The Morgan fingerprint density at radius 1 is 1.16 bits per heavy atom. The summed E-state index contributed by atoms with van der Waals surface area (Å²) in [6.07, 6.45) is 0. The summed E-state index contributed by atoms with van der Waals surface area (Å²) in [5, 5.41) is 0. The minimum Gasteiger partial charge on any atom is -0.305 e. The summed E-state index contributed by atoms with van der Waals surface area (Å²) < 4.78 is 50.6. The summed E-state index contributed by atoms with van der Waals surface area (Å²) >= 11 is 0. The lowest BCUT2D eigenvalue weighted by atomic mass is 10.0. The Bertz CT molecular complexity index is 427. The first-order valence-electron chi connectivity index (χ1n) is 6.21. The molecule has 0 N–H and O–H groups in total. The van der Waals surface area contributed by atoms with Crippen LogP contribution in [-0.2, 0) is 13.6 Å². The topological polar surface area (TPSA) is 35.5 Å². The molecule has 0 saturated heterocycles. The van der Waals surface area contributed by atoms with Gasteiger partial charge in [0.2, 0.25) is 0 Å². The van der Waals surface area contributed by atoms with Crippen molar-refractivity contribution in [2.24, 2.45) is 0 Å². The van der Waals surface area contributed by atoms with Gasteiger partial charge in [0.25, 0.3) is 0 Å². The van der Waals surface area contributed by atoms with E-state index in [2.05, 4.69) is 0 Å². The van der Waals surface area contributed by atoms with Gasteiger partial charge in [-0.05, 0) is 19.4 Å². The highest BCUT2D eigenvalue weighted by molar-refractivity contribution is 7.55. The van der Waals surface area contributed by atoms with Crippen LogP contribution < -0.4 is 0 Å². The van der Waals surface area contributed by atoms with Crippen LogP contribution in [0.5, 0.6) is 0 Å². The van der Waals surface area contributed by atoms with Gasteiger partial charge in [-0.25, -0.2) is 0 Å². The molecule has 108 valence electrons. The van der Waals surface area contributed by atoms with Gasteiger partial charge in [0.15, 0.2) is 0 Å². The molecule has 19 heavy (non-hydrogen) atoms. The van der Waals surface area contributed by atoms with Crippen molar-refractivity contribution >= 4 is 7.60 Å². The molecule has 0 aliphatic heterocycles. The molecule has 0 spiro atoms. The van der Waals surface area contributed by atoms with Gasteiger partial charge < -0.3 is 9.05 Å². The minimum absolute atomic E-state index is 0.0889. The first-order valence-corrected chi connectivity index (χ1v) is 7.75. The molecule has 0 saturated carbocycles. The van der Waals surface area contributed by atoms with Gasteiger partial charge in [-0.2, -0.15) is 8.78 Å². The van der Waals surface area contributed by atoms with Crippen molar-refractivity contribution in [3.63, 3.8) is 0 Å². The molecule has 0 heterocycles. The van der Waals surface area contributed by atoms with E-state index in [1.807, 2.05) is 0 Å². The van der Waals surface area contributed by atoms with Crippen molar-refractivity contribution in [2.75, 3.05) is 13.2 Å². The van der Waals surface area contributed by atoms with Gasteiger partial charge >= 0.3 is 13.3 Å². The molecule has 0 aliphatic rings. The van der Waals surface area contributed by atoms with Gasteiger partial charge in [-0.1, -0.05) is 37.3 Å². The average molecular weight is 292 g/mol. The van der Waals surface area contributed by atoms with E-state index in [-0.39, 0.29) is 13.2 Å². The molecular weight excluding hydrogens is 273 g/mol. The monoisotopic (exact) mass is 292 g/mol. The molecule has 1 aromatic carbocycles. The SMILES string of the molecule is CCOP(=O)(OCC)C(F)(F)C(C)c1ccccc1. The van der Waals surface area contributed by atoms with Gasteiger partial charge in [-0.3, -0.25) is 4.57 Å². The van der Waals surface area contributed by atoms with Crippen LogP contribution in [0.4, 0.5) is 8.78 Å². The van der Waals surface area contributed by atoms with Gasteiger partial charge in [0.05, 0.1) is 19.1 Å². The summed E-state index contributed by atoms with van der Waals surface area (Å²) in [5.41, 5.74) is -3.17. The van der Waals surface area contributed by atoms with E-state index >= 15 is 0 Å². The lowest BCUT2D eigenvalue weighted by Crippen LogP contribution is -2.27. The summed E-state index contributed by atoms with van der Waals surface area (Å²) in [4.78, 5) is 0. The van der Waals surface area contributed by atoms with Crippen molar-refractivity contribution in [2.45, 2.75) is 32.4 Å². The highest BCUT2D eigenvalue weighted by atomic mass is 31.2. The molecule has 1 rings (SSSR count). The van der Waals surface area contributed by atoms with Crippen molar-refractivity contribution in [3.8, 4) is 0 Å². The summed E-state index contributed by atoms with van der Waals surface area (Å²) in [5.74, 6) is -1.25. The fraction of sp³-hybridized carbons (Fsp3) is 0.538. The zero-order chi connectivity index (χ0) is 14.5. The number of halogens is 2. The first-order chi connectivity index (χ1) is 8.89. The number of benzene rings is 1. The number of alkyl halides is 2. The Balaban J connectivity index is 3.09. The predicted molar refractivity (Wildman–Crippen MR) is 70.7 cm³/mol. The fourth-order valence-electron chi connectivity index (χ4n) is 1.73. The highest BCUT2D eigenvalue weighted by Gasteiger charge is 2.57. The minimum atomic E-state index is -4.48. The molecule has 0 amide bonds. The van der Waals surface area contributed by atoms with E-state index in [9.17, 15) is 13.3 Å². The predicted octanol–water partition coefficient (Wildman–Crippen LogP) is 4.65. The van der Waals surface area contributed by atoms with Crippen LogP contribution in [0.2, 0.25) is 0 Å². The van der Waals surface area contributed by atoms with Gasteiger partial charge in [0, 0.05) is 0 Å². The maximum atomic E-state index is 14.4. The molecule has 0 aromatic heterocycles. The van der Waals surface area contributed by atoms with Crippen LogP contribution in [-0.4, -0.2) is 18.9 Å². The maximum Gasteiger partial charge on any atom is 0.400 e. The molecule has 0 radical (unpaired) electrons. The average Bonchev–Trinajstić information content (AvgIpc) is 2.39. The smallest absolute Gasteiger partial charge is 0.305 e. The van der Waals surface area contributed by atoms with E-state index in [0.29, 0.717) is 5.56 Å². The Labute approximate surface area is 112 Å². The fourth-order valence-corrected chi connectivity index (χ4v) is 3.45. The van der Waals surface area contributed by atoms with E-state index in [0.717, 1.165) is 0 Å². The molecule has 3 nitrogen and oxygen atoms in total. The Morgan fingerprint density at radius 3 is 2.05 bits per heavy atom. The normalized spacial score (nSPS) is 14.4. The summed E-state index contributed by atoms with van der Waals surface area (Å²) in [6.45, 7) is 4.16. The van der Waals surface area contributed by atoms with Crippen LogP contribution in [0.25, 0.3) is 0 Å². The third-order valence-electron chi connectivity index (χ3n) is 2.78. The molecule has 1 unspecified atom stereocenters. The second-order valence-corrected chi connectivity index (χ2v) is 6.16. The van der Waals surface area contributed by atoms with Crippen molar-refractivity contribution in [3.05, 3.63) is 35.9 Å². The van der Waals surface area contributed by atoms with Crippen LogP contribution in [0.1, 0.15) is 32.3 Å². The first kappa shape index (κ1) is 16.3. The molecule has 0 aliphatic carbocycles. The van der Waals surface area contributed by atoms with Crippen molar-refractivity contribution in [1.82, 2.24) is 0 Å². The van der Waals surface area contributed by atoms with Gasteiger partial charge in [-0.15, -0.1) is 0 Å². The molecule has 0 fully saturated rings. The van der Waals surface area contributed by atoms with E-state index in [1.165, 1.54) is 20.8 Å². The van der Waals surface area contributed by atoms with Crippen molar-refractivity contribution in [1.29, 1.82) is 0 Å². The molecule has 6 heteroatoms. The standard InChI is InChI=1S/C13H19F2O3P/c1-4-17-19(16,18-5-2)13(14,15)11(3)12-9-7-6-8-10-12/h6-11H,4-5H2,1-3H3. The number of hydrogen-bond acceptors (Lipinski definition) is 3. The van der Waals surface area contributed by atoms with Crippen LogP contribution >= 0.6 is 7.60 Å². The molecule has 1 aromatic rings. The Kier molecular flexibility index (Phi) is 5.65. The van der Waals surface area contributed by atoms with Crippen molar-refractivity contribution < 1.29 is 22.4 Å². The second-order valence-electron chi connectivity index (χ2n) is 4.05. The maximum absolute atomic E-state index is 14.4. The molecule has 0 bridgehead atoms.